The quantitative estimate of drug-likeness (QED) is 0.490. The minimum absolute atomic E-state index is 0.142. The van der Waals surface area contributed by atoms with E-state index in [1.165, 1.54) is 36.7 Å². The number of nitrogens with zero attached hydrogens (tertiary/aromatic N) is 4. The molecule has 0 unspecified atom stereocenters. The van der Waals surface area contributed by atoms with Crippen LogP contribution in [0.2, 0.25) is 0 Å². The molecule has 21 heavy (non-hydrogen) atoms. The summed E-state index contributed by atoms with van der Waals surface area (Å²) < 4.78 is 0. The molecule has 8 heteroatoms. The Morgan fingerprint density at radius 3 is 2.86 bits per heavy atom. The Labute approximate surface area is 129 Å². The second-order valence-corrected chi connectivity index (χ2v) is 6.65. The predicted octanol–water partition coefficient (Wildman–Crippen LogP) is 3.60. The molecular formula is C13H14N4O2S2. The number of thiophene rings is 1. The van der Waals surface area contributed by atoms with Crippen molar-refractivity contribution in [1.82, 2.24) is 9.99 Å². The Morgan fingerprint density at radius 1 is 1.33 bits per heavy atom. The van der Waals surface area contributed by atoms with Crippen LogP contribution in [0.1, 0.15) is 25.0 Å². The minimum atomic E-state index is -0.375. The number of hydrazone groups is 1. The Kier molecular flexibility index (Phi) is 4.26. The van der Waals surface area contributed by atoms with Gasteiger partial charge < -0.3 is 0 Å². The molecule has 1 aliphatic rings. The first-order valence-corrected chi connectivity index (χ1v) is 8.41. The number of rotatable bonds is 4. The van der Waals surface area contributed by atoms with Crippen LogP contribution in [-0.2, 0) is 0 Å². The van der Waals surface area contributed by atoms with Crippen LogP contribution in [-0.4, -0.2) is 34.2 Å². The Balaban J connectivity index is 1.70. The molecule has 0 radical (unpaired) electrons. The molecule has 1 aliphatic heterocycles. The second kappa shape index (κ2) is 6.31. The number of thiazole rings is 1. The van der Waals surface area contributed by atoms with Crippen LogP contribution in [0.15, 0.2) is 22.6 Å². The van der Waals surface area contributed by atoms with Crippen molar-refractivity contribution in [1.29, 1.82) is 0 Å². The van der Waals surface area contributed by atoms with Gasteiger partial charge in [0.25, 0.3) is 0 Å². The zero-order valence-corrected chi connectivity index (χ0v) is 12.9. The van der Waals surface area contributed by atoms with Crippen molar-refractivity contribution in [2.75, 3.05) is 13.1 Å². The number of hydrogen-bond donors (Lipinski definition) is 0. The van der Waals surface area contributed by atoms with E-state index in [2.05, 4.69) is 15.1 Å². The summed E-state index contributed by atoms with van der Waals surface area (Å²) in [5, 5.41) is 20.1. The summed E-state index contributed by atoms with van der Waals surface area (Å²) >= 11 is 2.63. The van der Waals surface area contributed by atoms with Gasteiger partial charge >= 0.3 is 5.00 Å². The molecule has 2 aromatic rings. The fraction of sp³-hybridized carbons (Fsp3) is 0.385. The third-order valence-electron chi connectivity index (χ3n) is 3.19. The minimum Gasteiger partial charge on any atom is -0.297 e. The lowest BCUT2D eigenvalue weighted by molar-refractivity contribution is -0.380. The molecule has 0 aliphatic carbocycles. The summed E-state index contributed by atoms with van der Waals surface area (Å²) in [5.74, 6) is 0. The van der Waals surface area contributed by atoms with Gasteiger partial charge in [0.1, 0.15) is 5.01 Å². The Hall–Kier alpha value is -1.80. The zero-order chi connectivity index (χ0) is 14.7. The molecule has 2 aromatic heterocycles. The highest BCUT2D eigenvalue weighted by atomic mass is 32.1. The van der Waals surface area contributed by atoms with E-state index in [4.69, 9.17) is 0 Å². The lowest BCUT2D eigenvalue weighted by Crippen LogP contribution is -2.24. The maximum absolute atomic E-state index is 10.7. The summed E-state index contributed by atoms with van der Waals surface area (Å²) in [5.41, 5.74) is 0.802. The SMILES string of the molecule is O=[N+]([O-])c1ccc(-c2nc(C=NN3CCCCC3)cs2)s1. The topological polar surface area (TPSA) is 71.6 Å². The van der Waals surface area contributed by atoms with E-state index in [0.717, 1.165) is 40.0 Å². The van der Waals surface area contributed by atoms with Gasteiger partial charge in [-0.2, -0.15) is 5.10 Å². The highest BCUT2D eigenvalue weighted by Gasteiger charge is 2.13. The predicted molar refractivity (Wildman–Crippen MR) is 85.1 cm³/mol. The van der Waals surface area contributed by atoms with Gasteiger partial charge in [-0.25, -0.2) is 4.98 Å². The molecule has 0 amide bonds. The van der Waals surface area contributed by atoms with E-state index in [1.807, 2.05) is 5.38 Å². The summed E-state index contributed by atoms with van der Waals surface area (Å²) in [7, 11) is 0. The number of piperidine rings is 1. The van der Waals surface area contributed by atoms with E-state index >= 15 is 0 Å². The number of nitro groups is 1. The second-order valence-electron chi connectivity index (χ2n) is 4.73. The molecule has 0 N–H and O–H groups in total. The monoisotopic (exact) mass is 322 g/mol. The van der Waals surface area contributed by atoms with Crippen LogP contribution in [0.5, 0.6) is 0 Å². The highest BCUT2D eigenvalue weighted by molar-refractivity contribution is 7.23. The van der Waals surface area contributed by atoms with Crippen molar-refractivity contribution in [2.45, 2.75) is 19.3 Å². The van der Waals surface area contributed by atoms with Crippen molar-refractivity contribution in [3.8, 4) is 9.88 Å². The van der Waals surface area contributed by atoms with Gasteiger partial charge in [-0.15, -0.1) is 11.3 Å². The van der Waals surface area contributed by atoms with Gasteiger partial charge in [-0.3, -0.25) is 15.1 Å². The highest BCUT2D eigenvalue weighted by Crippen LogP contribution is 2.34. The van der Waals surface area contributed by atoms with Crippen LogP contribution in [0.3, 0.4) is 0 Å². The first kappa shape index (κ1) is 14.2. The largest absolute Gasteiger partial charge is 0.324 e. The summed E-state index contributed by atoms with van der Waals surface area (Å²) in [4.78, 5) is 15.6. The Morgan fingerprint density at radius 2 is 2.14 bits per heavy atom. The van der Waals surface area contributed by atoms with E-state index in [9.17, 15) is 10.1 Å². The molecule has 6 nitrogen and oxygen atoms in total. The fourth-order valence-corrected chi connectivity index (χ4v) is 3.80. The average molecular weight is 322 g/mol. The van der Waals surface area contributed by atoms with Gasteiger partial charge in [0.05, 0.1) is 21.7 Å². The molecule has 0 aromatic carbocycles. The third kappa shape index (κ3) is 3.45. The van der Waals surface area contributed by atoms with Gasteiger partial charge in [0.2, 0.25) is 0 Å². The lowest BCUT2D eigenvalue weighted by atomic mass is 10.2. The molecule has 1 saturated heterocycles. The van der Waals surface area contributed by atoms with Crippen molar-refractivity contribution in [2.24, 2.45) is 5.10 Å². The van der Waals surface area contributed by atoms with E-state index < -0.39 is 0 Å². The van der Waals surface area contributed by atoms with Gasteiger partial charge in [0, 0.05) is 24.5 Å². The number of hydrogen-bond acceptors (Lipinski definition) is 7. The molecular weight excluding hydrogens is 308 g/mol. The molecule has 1 fully saturated rings. The molecule has 0 atom stereocenters. The molecule has 3 heterocycles. The van der Waals surface area contributed by atoms with Crippen LogP contribution in [0.4, 0.5) is 5.00 Å². The molecule has 3 rings (SSSR count). The summed E-state index contributed by atoms with van der Waals surface area (Å²) in [6, 6.07) is 3.26. The standard InChI is InChI=1S/C13H14N4O2S2/c18-17(19)12-5-4-11(21-12)13-15-10(9-20-13)8-14-16-6-2-1-3-7-16/h4-5,8-9H,1-3,6-7H2. The van der Waals surface area contributed by atoms with Crippen molar-refractivity contribution < 1.29 is 4.92 Å². The van der Waals surface area contributed by atoms with Crippen molar-refractivity contribution in [3.05, 3.63) is 33.3 Å². The lowest BCUT2D eigenvalue weighted by Gasteiger charge is -2.22. The molecule has 0 spiro atoms. The molecule has 110 valence electrons. The first-order valence-electron chi connectivity index (χ1n) is 6.71. The smallest absolute Gasteiger partial charge is 0.297 e. The average Bonchev–Trinajstić information content (AvgIpc) is 3.15. The molecule has 0 bridgehead atoms. The maximum Gasteiger partial charge on any atom is 0.324 e. The van der Waals surface area contributed by atoms with Crippen molar-refractivity contribution in [3.63, 3.8) is 0 Å². The normalized spacial score (nSPS) is 15.7. The van der Waals surface area contributed by atoms with Gasteiger partial charge in [0.15, 0.2) is 0 Å². The summed E-state index contributed by atoms with van der Waals surface area (Å²) in [6.45, 7) is 2.01. The fourth-order valence-electron chi connectivity index (χ4n) is 2.13. The zero-order valence-electron chi connectivity index (χ0n) is 11.3. The van der Waals surface area contributed by atoms with Gasteiger partial charge in [-0.05, 0) is 25.3 Å². The summed E-state index contributed by atoms with van der Waals surface area (Å²) in [6.07, 6.45) is 5.44. The van der Waals surface area contributed by atoms with Gasteiger partial charge in [-0.1, -0.05) is 11.3 Å². The van der Waals surface area contributed by atoms with E-state index in [-0.39, 0.29) is 9.92 Å². The number of aromatic nitrogens is 1. The maximum atomic E-state index is 10.7. The third-order valence-corrected chi connectivity index (χ3v) is 5.26. The van der Waals surface area contributed by atoms with Crippen molar-refractivity contribution >= 4 is 33.9 Å². The van der Waals surface area contributed by atoms with E-state index in [1.54, 1.807) is 12.3 Å². The van der Waals surface area contributed by atoms with E-state index in [0.29, 0.717) is 0 Å². The van der Waals surface area contributed by atoms with Crippen LogP contribution in [0.25, 0.3) is 9.88 Å². The molecule has 0 saturated carbocycles. The van der Waals surface area contributed by atoms with Crippen LogP contribution >= 0.6 is 22.7 Å². The Bertz CT molecular complexity index is 659. The van der Waals surface area contributed by atoms with Crippen LogP contribution < -0.4 is 0 Å². The first-order chi connectivity index (χ1) is 10.2. The van der Waals surface area contributed by atoms with Crippen LogP contribution in [0, 0.1) is 10.1 Å².